The molecule has 0 atom stereocenters. The van der Waals surface area contributed by atoms with E-state index in [1.807, 2.05) is 0 Å². The third kappa shape index (κ3) is 2.97. The molecule has 0 amide bonds. The lowest BCUT2D eigenvalue weighted by atomic mass is 10.2. The largest absolute Gasteiger partial charge is 0.289 e. The lowest BCUT2D eigenvalue weighted by Gasteiger charge is -2.11. The maximum atomic E-state index is 5.64. The van der Waals surface area contributed by atoms with Gasteiger partial charge in [-0.25, -0.2) is 0 Å². The number of tetrazole rings is 1. The number of nitrogens with zero attached hydrogens (tertiary/aromatic N) is 4. The Bertz CT molecular complexity index is 267. The fraction of sp³-hybridized carbons (Fsp3) is 0.833. The summed E-state index contributed by atoms with van der Waals surface area (Å²) < 4.78 is -0.389. The topological polar surface area (TPSA) is 43.6 Å². The predicted octanol–water partition coefficient (Wildman–Crippen LogP) is 2.30. The molecular weight excluding hydrogens is 234 g/mol. The fourth-order valence-electron chi connectivity index (χ4n) is 0.893. The predicted molar refractivity (Wildman–Crippen MR) is 52.0 cm³/mol. The molecule has 1 heterocycles. The number of hydrogen-bond donors (Lipinski definition) is 0. The highest BCUT2D eigenvalue weighted by Crippen LogP contribution is 2.31. The Kier molecular flexibility index (Phi) is 3.76. The van der Waals surface area contributed by atoms with E-state index < -0.39 is 3.92 Å². The summed E-state index contributed by atoms with van der Waals surface area (Å²) in [7, 11) is 0. The van der Waals surface area contributed by atoms with E-state index >= 15 is 0 Å². The van der Waals surface area contributed by atoms with Crippen LogP contribution in [-0.4, -0.2) is 20.2 Å². The van der Waals surface area contributed by atoms with Crippen molar-refractivity contribution < 1.29 is 0 Å². The SMILES string of the molecule is CCCCc1nnnn1C(Cl)(Cl)Cl. The quantitative estimate of drug-likeness (QED) is 0.765. The highest BCUT2D eigenvalue weighted by atomic mass is 35.6. The zero-order valence-corrected chi connectivity index (χ0v) is 9.31. The van der Waals surface area contributed by atoms with Crippen molar-refractivity contribution in [1.82, 2.24) is 20.2 Å². The van der Waals surface area contributed by atoms with Gasteiger partial charge in [0, 0.05) is 6.42 Å². The molecule has 0 aliphatic rings. The average Bonchev–Trinajstić information content (AvgIpc) is 2.47. The molecule has 0 aliphatic heterocycles. The van der Waals surface area contributed by atoms with Gasteiger partial charge in [-0.1, -0.05) is 48.1 Å². The van der Waals surface area contributed by atoms with Gasteiger partial charge >= 0.3 is 0 Å². The van der Waals surface area contributed by atoms with Crippen LogP contribution in [0.2, 0.25) is 0 Å². The fourth-order valence-corrected chi connectivity index (χ4v) is 1.29. The van der Waals surface area contributed by atoms with E-state index in [9.17, 15) is 0 Å². The minimum atomic E-state index is -1.59. The van der Waals surface area contributed by atoms with Crippen molar-refractivity contribution in [2.24, 2.45) is 0 Å². The molecule has 1 aromatic heterocycles. The van der Waals surface area contributed by atoms with Crippen molar-refractivity contribution in [2.75, 3.05) is 0 Å². The average molecular weight is 244 g/mol. The number of unbranched alkanes of at least 4 members (excludes halogenated alkanes) is 1. The van der Waals surface area contributed by atoms with Gasteiger partial charge in [-0.05, 0) is 16.8 Å². The molecule has 13 heavy (non-hydrogen) atoms. The van der Waals surface area contributed by atoms with E-state index in [0.717, 1.165) is 19.3 Å². The molecule has 0 fully saturated rings. The first kappa shape index (κ1) is 11.0. The third-order valence-electron chi connectivity index (χ3n) is 1.53. The van der Waals surface area contributed by atoms with Gasteiger partial charge in [-0.15, -0.1) is 5.10 Å². The summed E-state index contributed by atoms with van der Waals surface area (Å²) in [5.74, 6) is 0.599. The highest BCUT2D eigenvalue weighted by Gasteiger charge is 2.27. The first-order valence-electron chi connectivity index (χ1n) is 3.90. The van der Waals surface area contributed by atoms with Gasteiger partial charge in [0.25, 0.3) is 3.92 Å². The van der Waals surface area contributed by atoms with Crippen LogP contribution in [0.15, 0.2) is 0 Å². The molecule has 4 nitrogen and oxygen atoms in total. The van der Waals surface area contributed by atoms with Crippen molar-refractivity contribution >= 4 is 34.8 Å². The third-order valence-corrected chi connectivity index (χ3v) is 2.01. The Morgan fingerprint density at radius 2 is 2.08 bits per heavy atom. The van der Waals surface area contributed by atoms with Crippen LogP contribution >= 0.6 is 34.8 Å². The van der Waals surface area contributed by atoms with Gasteiger partial charge in [0.2, 0.25) is 0 Å². The number of halogens is 3. The Balaban J connectivity index is 2.77. The monoisotopic (exact) mass is 242 g/mol. The Labute approximate surface area is 91.1 Å². The van der Waals surface area contributed by atoms with E-state index in [4.69, 9.17) is 34.8 Å². The van der Waals surface area contributed by atoms with Crippen LogP contribution in [0, 0.1) is 0 Å². The van der Waals surface area contributed by atoms with Crippen LogP contribution < -0.4 is 0 Å². The second-order valence-corrected chi connectivity index (χ2v) is 4.80. The molecule has 7 heteroatoms. The zero-order chi connectivity index (χ0) is 9.90. The Hall–Kier alpha value is -0.0600. The van der Waals surface area contributed by atoms with Crippen LogP contribution in [0.25, 0.3) is 0 Å². The van der Waals surface area contributed by atoms with Gasteiger partial charge in [0.15, 0.2) is 5.82 Å². The summed E-state index contributed by atoms with van der Waals surface area (Å²) in [5, 5.41) is 10.8. The molecule has 0 saturated heterocycles. The van der Waals surface area contributed by atoms with Crippen LogP contribution in [0.5, 0.6) is 0 Å². The molecule has 1 rings (SSSR count). The van der Waals surface area contributed by atoms with Crippen molar-refractivity contribution in [2.45, 2.75) is 30.1 Å². The molecular formula is C6H9Cl3N4. The molecule has 0 unspecified atom stereocenters. The number of aryl methyl sites for hydroxylation is 1. The number of hydrogen-bond acceptors (Lipinski definition) is 3. The van der Waals surface area contributed by atoms with Crippen molar-refractivity contribution in [3.05, 3.63) is 5.82 Å². The summed E-state index contributed by atoms with van der Waals surface area (Å²) in [6.07, 6.45) is 2.74. The van der Waals surface area contributed by atoms with Crippen LogP contribution in [-0.2, 0) is 10.3 Å². The second-order valence-electron chi connectivity index (χ2n) is 2.58. The summed E-state index contributed by atoms with van der Waals surface area (Å²) >= 11 is 16.9. The van der Waals surface area contributed by atoms with E-state index in [0.29, 0.717) is 5.82 Å². The van der Waals surface area contributed by atoms with Gasteiger partial charge in [0.05, 0.1) is 0 Å². The lowest BCUT2D eigenvalue weighted by molar-refractivity contribution is 0.594. The van der Waals surface area contributed by atoms with Crippen molar-refractivity contribution in [3.63, 3.8) is 0 Å². The number of aromatic nitrogens is 4. The minimum absolute atomic E-state index is 0.599. The molecule has 0 aliphatic carbocycles. The first-order chi connectivity index (χ1) is 6.05. The Morgan fingerprint density at radius 3 is 2.62 bits per heavy atom. The zero-order valence-electron chi connectivity index (χ0n) is 7.04. The summed E-state index contributed by atoms with van der Waals surface area (Å²) in [6.45, 7) is 2.07. The molecule has 0 bridgehead atoms. The normalized spacial score (nSPS) is 12.0. The molecule has 74 valence electrons. The molecule has 0 spiro atoms. The van der Waals surface area contributed by atoms with Crippen molar-refractivity contribution in [3.8, 4) is 0 Å². The Morgan fingerprint density at radius 1 is 1.38 bits per heavy atom. The number of alkyl halides is 3. The van der Waals surface area contributed by atoms with Crippen LogP contribution in [0.3, 0.4) is 0 Å². The summed E-state index contributed by atoms with van der Waals surface area (Å²) in [4.78, 5) is 0. The standard InChI is InChI=1S/C6H9Cl3N4/c1-2-3-4-5-10-11-12-13(5)6(7,8)9/h2-4H2,1H3. The highest BCUT2D eigenvalue weighted by molar-refractivity contribution is 6.64. The smallest absolute Gasteiger partial charge is 0.180 e. The minimum Gasteiger partial charge on any atom is -0.180 e. The van der Waals surface area contributed by atoms with E-state index in [1.165, 1.54) is 4.68 Å². The molecule has 0 aromatic carbocycles. The van der Waals surface area contributed by atoms with E-state index in [2.05, 4.69) is 22.4 Å². The first-order valence-corrected chi connectivity index (χ1v) is 5.03. The van der Waals surface area contributed by atoms with Gasteiger partial charge in [-0.3, -0.25) is 0 Å². The maximum Gasteiger partial charge on any atom is 0.289 e. The number of rotatable bonds is 3. The molecule has 0 radical (unpaired) electrons. The maximum absolute atomic E-state index is 5.64. The van der Waals surface area contributed by atoms with E-state index in [-0.39, 0.29) is 0 Å². The van der Waals surface area contributed by atoms with E-state index in [1.54, 1.807) is 0 Å². The summed E-state index contributed by atoms with van der Waals surface area (Å²) in [5.41, 5.74) is 0. The van der Waals surface area contributed by atoms with Gasteiger partial charge in [0.1, 0.15) is 0 Å². The molecule has 0 N–H and O–H groups in total. The van der Waals surface area contributed by atoms with Gasteiger partial charge in [-0.2, -0.15) is 4.68 Å². The van der Waals surface area contributed by atoms with Crippen molar-refractivity contribution in [1.29, 1.82) is 0 Å². The van der Waals surface area contributed by atoms with Crippen LogP contribution in [0.4, 0.5) is 0 Å². The summed E-state index contributed by atoms with van der Waals surface area (Å²) in [6, 6.07) is 0. The van der Waals surface area contributed by atoms with Gasteiger partial charge < -0.3 is 0 Å². The second kappa shape index (κ2) is 4.44. The molecule has 0 saturated carbocycles. The lowest BCUT2D eigenvalue weighted by Crippen LogP contribution is -2.18. The van der Waals surface area contributed by atoms with Crippen LogP contribution in [0.1, 0.15) is 25.6 Å². The molecule has 1 aromatic rings.